The highest BCUT2D eigenvalue weighted by Gasteiger charge is 2.15. The van der Waals surface area contributed by atoms with Crippen LogP contribution >= 0.6 is 11.8 Å². The van der Waals surface area contributed by atoms with Gasteiger partial charge in [-0.1, -0.05) is 0 Å². The third-order valence-electron chi connectivity index (χ3n) is 2.58. The molecule has 0 saturated carbocycles. The zero-order chi connectivity index (χ0) is 9.52. The molecule has 1 heterocycles. The van der Waals surface area contributed by atoms with Gasteiger partial charge in [0.25, 0.3) is 0 Å². The predicted molar refractivity (Wildman–Crippen MR) is 61.5 cm³/mol. The summed E-state index contributed by atoms with van der Waals surface area (Å²) in [6, 6.07) is 0.751. The SMILES string of the molecule is CSCCCNC1CCCN(C)C1. The van der Waals surface area contributed by atoms with Gasteiger partial charge in [0.15, 0.2) is 0 Å². The summed E-state index contributed by atoms with van der Waals surface area (Å²) < 4.78 is 0. The van der Waals surface area contributed by atoms with Crippen LogP contribution in [0.3, 0.4) is 0 Å². The average Bonchev–Trinajstić information content (AvgIpc) is 2.13. The molecule has 3 heteroatoms. The molecule has 0 aliphatic carbocycles. The van der Waals surface area contributed by atoms with Gasteiger partial charge in [0, 0.05) is 12.6 Å². The largest absolute Gasteiger partial charge is 0.313 e. The summed E-state index contributed by atoms with van der Waals surface area (Å²) in [6.45, 7) is 3.71. The van der Waals surface area contributed by atoms with E-state index in [1.165, 1.54) is 44.6 Å². The number of nitrogens with zero attached hydrogens (tertiary/aromatic N) is 1. The highest BCUT2D eigenvalue weighted by Crippen LogP contribution is 2.07. The van der Waals surface area contributed by atoms with Crippen LogP contribution in [0.15, 0.2) is 0 Å². The summed E-state index contributed by atoms with van der Waals surface area (Å²) >= 11 is 1.94. The molecule has 0 bridgehead atoms. The molecular formula is C10H22N2S. The Hall–Kier alpha value is 0.270. The number of rotatable bonds is 5. The Morgan fingerprint density at radius 1 is 1.54 bits per heavy atom. The second kappa shape index (κ2) is 6.68. The first-order valence-corrected chi connectivity index (χ1v) is 6.63. The van der Waals surface area contributed by atoms with E-state index in [1.807, 2.05) is 11.8 Å². The Kier molecular flexibility index (Phi) is 5.83. The molecule has 1 saturated heterocycles. The van der Waals surface area contributed by atoms with Gasteiger partial charge in [-0.15, -0.1) is 0 Å². The first-order chi connectivity index (χ1) is 6.33. The van der Waals surface area contributed by atoms with Gasteiger partial charge in [-0.05, 0) is 51.4 Å². The lowest BCUT2D eigenvalue weighted by Crippen LogP contribution is -2.44. The maximum atomic E-state index is 3.63. The second-order valence-corrected chi connectivity index (χ2v) is 4.89. The fraction of sp³-hybridized carbons (Fsp3) is 1.00. The van der Waals surface area contributed by atoms with Crippen LogP contribution in [0.4, 0.5) is 0 Å². The molecule has 0 aromatic rings. The number of hydrogen-bond donors (Lipinski definition) is 1. The van der Waals surface area contributed by atoms with Gasteiger partial charge < -0.3 is 10.2 Å². The lowest BCUT2D eigenvalue weighted by Gasteiger charge is -2.30. The Bertz CT molecular complexity index is 130. The van der Waals surface area contributed by atoms with E-state index in [1.54, 1.807) is 0 Å². The molecular weight excluding hydrogens is 180 g/mol. The van der Waals surface area contributed by atoms with Gasteiger partial charge >= 0.3 is 0 Å². The molecule has 0 aromatic carbocycles. The fourth-order valence-electron chi connectivity index (χ4n) is 1.86. The molecule has 1 atom stereocenters. The van der Waals surface area contributed by atoms with Crippen molar-refractivity contribution in [3.8, 4) is 0 Å². The first kappa shape index (κ1) is 11.3. The molecule has 1 rings (SSSR count). The molecule has 0 radical (unpaired) electrons. The first-order valence-electron chi connectivity index (χ1n) is 5.24. The molecule has 13 heavy (non-hydrogen) atoms. The Balaban J connectivity index is 2.00. The van der Waals surface area contributed by atoms with Crippen molar-refractivity contribution in [1.82, 2.24) is 10.2 Å². The van der Waals surface area contributed by atoms with Crippen LogP contribution in [0.1, 0.15) is 19.3 Å². The topological polar surface area (TPSA) is 15.3 Å². The lowest BCUT2D eigenvalue weighted by atomic mass is 10.1. The lowest BCUT2D eigenvalue weighted by molar-refractivity contribution is 0.228. The van der Waals surface area contributed by atoms with Gasteiger partial charge in [0.2, 0.25) is 0 Å². The number of likely N-dealkylation sites (tertiary alicyclic amines) is 1. The van der Waals surface area contributed by atoms with Crippen molar-refractivity contribution in [2.75, 3.05) is 38.7 Å². The number of thioether (sulfide) groups is 1. The monoisotopic (exact) mass is 202 g/mol. The molecule has 78 valence electrons. The van der Waals surface area contributed by atoms with E-state index in [0.29, 0.717) is 0 Å². The minimum atomic E-state index is 0.751. The molecule has 0 aromatic heterocycles. The summed E-state index contributed by atoms with van der Waals surface area (Å²) in [7, 11) is 2.22. The van der Waals surface area contributed by atoms with Crippen LogP contribution < -0.4 is 5.32 Å². The number of likely N-dealkylation sites (N-methyl/N-ethyl adjacent to an activating group) is 1. The quantitative estimate of drug-likeness (QED) is 0.679. The smallest absolute Gasteiger partial charge is 0.0195 e. The predicted octanol–water partition coefficient (Wildman–Crippen LogP) is 1.42. The number of hydrogen-bond acceptors (Lipinski definition) is 3. The zero-order valence-corrected chi connectivity index (χ0v) is 9.70. The zero-order valence-electron chi connectivity index (χ0n) is 8.88. The summed E-state index contributed by atoms with van der Waals surface area (Å²) in [5, 5.41) is 3.63. The standard InChI is InChI=1S/C10H22N2S/c1-12-7-3-5-10(9-12)11-6-4-8-13-2/h10-11H,3-9H2,1-2H3. The molecule has 1 unspecified atom stereocenters. The van der Waals surface area contributed by atoms with Crippen molar-refractivity contribution < 1.29 is 0 Å². The Labute approximate surface area is 86.5 Å². The maximum absolute atomic E-state index is 3.63. The van der Waals surface area contributed by atoms with E-state index < -0.39 is 0 Å². The van der Waals surface area contributed by atoms with Crippen molar-refractivity contribution >= 4 is 11.8 Å². The summed E-state index contributed by atoms with van der Waals surface area (Å²) in [6.07, 6.45) is 6.20. The van der Waals surface area contributed by atoms with E-state index in [0.717, 1.165) is 6.04 Å². The van der Waals surface area contributed by atoms with E-state index in [2.05, 4.69) is 23.5 Å². The van der Waals surface area contributed by atoms with E-state index in [-0.39, 0.29) is 0 Å². The van der Waals surface area contributed by atoms with Crippen LogP contribution in [-0.4, -0.2) is 49.6 Å². The molecule has 1 N–H and O–H groups in total. The molecule has 2 nitrogen and oxygen atoms in total. The number of piperidine rings is 1. The number of nitrogens with one attached hydrogen (secondary N) is 1. The van der Waals surface area contributed by atoms with Crippen molar-refractivity contribution in [3.05, 3.63) is 0 Å². The minimum Gasteiger partial charge on any atom is -0.313 e. The van der Waals surface area contributed by atoms with E-state index in [9.17, 15) is 0 Å². The van der Waals surface area contributed by atoms with Crippen LogP contribution in [0.25, 0.3) is 0 Å². The van der Waals surface area contributed by atoms with Gasteiger partial charge in [-0.2, -0.15) is 11.8 Å². The third kappa shape index (κ3) is 4.89. The normalized spacial score (nSPS) is 24.9. The molecule has 0 amide bonds. The van der Waals surface area contributed by atoms with Crippen molar-refractivity contribution in [2.45, 2.75) is 25.3 Å². The molecule has 1 fully saturated rings. The summed E-state index contributed by atoms with van der Waals surface area (Å²) in [5.74, 6) is 1.29. The van der Waals surface area contributed by atoms with E-state index in [4.69, 9.17) is 0 Å². The van der Waals surface area contributed by atoms with Crippen LogP contribution in [0.5, 0.6) is 0 Å². The van der Waals surface area contributed by atoms with Crippen molar-refractivity contribution in [3.63, 3.8) is 0 Å². The van der Waals surface area contributed by atoms with Gasteiger partial charge in [0.05, 0.1) is 0 Å². The maximum Gasteiger partial charge on any atom is 0.0195 e. The summed E-state index contributed by atoms with van der Waals surface area (Å²) in [5.41, 5.74) is 0. The second-order valence-electron chi connectivity index (χ2n) is 3.90. The van der Waals surface area contributed by atoms with Gasteiger partial charge in [-0.3, -0.25) is 0 Å². The molecule has 1 aliphatic heterocycles. The molecule has 0 spiro atoms. The van der Waals surface area contributed by atoms with Gasteiger partial charge in [-0.25, -0.2) is 0 Å². The Morgan fingerprint density at radius 3 is 3.08 bits per heavy atom. The van der Waals surface area contributed by atoms with Gasteiger partial charge in [0.1, 0.15) is 0 Å². The average molecular weight is 202 g/mol. The van der Waals surface area contributed by atoms with Crippen LogP contribution in [0, 0.1) is 0 Å². The molecule has 1 aliphatic rings. The van der Waals surface area contributed by atoms with Crippen LogP contribution in [-0.2, 0) is 0 Å². The fourth-order valence-corrected chi connectivity index (χ4v) is 2.29. The van der Waals surface area contributed by atoms with Crippen molar-refractivity contribution in [2.24, 2.45) is 0 Å². The highest BCUT2D eigenvalue weighted by molar-refractivity contribution is 7.98. The van der Waals surface area contributed by atoms with E-state index >= 15 is 0 Å². The third-order valence-corrected chi connectivity index (χ3v) is 3.28. The van der Waals surface area contributed by atoms with Crippen molar-refractivity contribution in [1.29, 1.82) is 0 Å². The summed E-state index contributed by atoms with van der Waals surface area (Å²) in [4.78, 5) is 2.43. The minimum absolute atomic E-state index is 0.751. The van der Waals surface area contributed by atoms with Crippen LogP contribution in [0.2, 0.25) is 0 Å². The Morgan fingerprint density at radius 2 is 2.38 bits per heavy atom. The highest BCUT2D eigenvalue weighted by atomic mass is 32.2.